The summed E-state index contributed by atoms with van der Waals surface area (Å²) in [5.41, 5.74) is -0.0322. The van der Waals surface area contributed by atoms with Gasteiger partial charge in [0.1, 0.15) is 6.33 Å². The molecule has 2 saturated heterocycles. The van der Waals surface area contributed by atoms with Gasteiger partial charge in [-0.3, -0.25) is 14.3 Å². The number of nitrogens with zero attached hydrogens (tertiary/aromatic N) is 6. The molecule has 0 aromatic carbocycles. The number of rotatable bonds is 6. The van der Waals surface area contributed by atoms with Gasteiger partial charge in [-0.05, 0) is 51.4 Å². The molecule has 1 atom stereocenters. The smallest absolute Gasteiger partial charge is 0.266 e. The Morgan fingerprint density at radius 1 is 1.08 bits per heavy atom. The molecule has 7 nitrogen and oxygen atoms in total. The summed E-state index contributed by atoms with van der Waals surface area (Å²) >= 11 is 0. The molecule has 25 heavy (non-hydrogen) atoms. The summed E-state index contributed by atoms with van der Waals surface area (Å²) in [7, 11) is 0. The Morgan fingerprint density at radius 2 is 1.96 bits per heavy atom. The van der Waals surface area contributed by atoms with Crippen molar-refractivity contribution < 1.29 is 0 Å². The van der Waals surface area contributed by atoms with E-state index in [1.54, 1.807) is 29.3 Å². The third kappa shape index (κ3) is 3.82. The van der Waals surface area contributed by atoms with E-state index in [2.05, 4.69) is 19.9 Å². The summed E-state index contributed by atoms with van der Waals surface area (Å²) in [5, 5.41) is 4.54. The molecule has 4 heterocycles. The van der Waals surface area contributed by atoms with Gasteiger partial charge in [-0.15, -0.1) is 0 Å². The summed E-state index contributed by atoms with van der Waals surface area (Å²) in [6.07, 6.45) is 10.3. The predicted molar refractivity (Wildman–Crippen MR) is 95.9 cm³/mol. The number of hydrogen-bond acceptors (Lipinski definition) is 5. The van der Waals surface area contributed by atoms with Crippen molar-refractivity contribution in [2.24, 2.45) is 0 Å². The highest BCUT2D eigenvalue weighted by atomic mass is 16.1. The molecule has 2 aliphatic heterocycles. The fourth-order valence-corrected chi connectivity index (χ4v) is 3.97. The van der Waals surface area contributed by atoms with Gasteiger partial charge in [0, 0.05) is 37.6 Å². The van der Waals surface area contributed by atoms with Gasteiger partial charge in [-0.25, -0.2) is 9.67 Å². The van der Waals surface area contributed by atoms with Crippen molar-refractivity contribution in [3.8, 4) is 5.82 Å². The van der Waals surface area contributed by atoms with Crippen LogP contribution in [0.25, 0.3) is 5.82 Å². The maximum atomic E-state index is 12.3. The van der Waals surface area contributed by atoms with Crippen LogP contribution in [0, 0.1) is 0 Å². The number of likely N-dealkylation sites (tertiary alicyclic amines) is 2. The van der Waals surface area contributed by atoms with Crippen molar-refractivity contribution in [2.45, 2.75) is 38.3 Å². The van der Waals surface area contributed by atoms with Gasteiger partial charge in [0.15, 0.2) is 5.82 Å². The molecule has 134 valence electrons. The lowest BCUT2D eigenvalue weighted by atomic mass is 10.2. The Balaban J connectivity index is 1.43. The minimum atomic E-state index is -0.0322. The molecule has 2 fully saturated rings. The van der Waals surface area contributed by atoms with Crippen LogP contribution in [0.5, 0.6) is 0 Å². The lowest BCUT2D eigenvalue weighted by Gasteiger charge is -2.27. The zero-order valence-electron chi connectivity index (χ0n) is 14.6. The summed E-state index contributed by atoms with van der Waals surface area (Å²) in [4.78, 5) is 21.4. The van der Waals surface area contributed by atoms with Gasteiger partial charge in [0.25, 0.3) is 5.56 Å². The quantitative estimate of drug-likeness (QED) is 0.783. The van der Waals surface area contributed by atoms with E-state index in [1.807, 2.05) is 10.8 Å². The monoisotopic (exact) mass is 342 g/mol. The second kappa shape index (κ2) is 7.49. The Bertz CT molecular complexity index is 734. The van der Waals surface area contributed by atoms with Gasteiger partial charge in [-0.2, -0.15) is 5.10 Å². The molecule has 0 saturated carbocycles. The van der Waals surface area contributed by atoms with E-state index in [9.17, 15) is 4.79 Å². The number of aromatic nitrogens is 4. The van der Waals surface area contributed by atoms with E-state index in [-0.39, 0.29) is 5.56 Å². The summed E-state index contributed by atoms with van der Waals surface area (Å²) in [6, 6.07) is 3.76. The highest BCUT2D eigenvalue weighted by Crippen LogP contribution is 2.18. The van der Waals surface area contributed by atoms with Crippen LogP contribution < -0.4 is 5.56 Å². The van der Waals surface area contributed by atoms with Gasteiger partial charge >= 0.3 is 0 Å². The molecule has 0 radical (unpaired) electrons. The molecule has 2 aromatic rings. The Hall–Kier alpha value is -1.99. The van der Waals surface area contributed by atoms with Crippen LogP contribution >= 0.6 is 0 Å². The van der Waals surface area contributed by atoms with Crippen LogP contribution in [-0.4, -0.2) is 67.9 Å². The van der Waals surface area contributed by atoms with Crippen molar-refractivity contribution in [2.75, 3.05) is 32.7 Å². The summed E-state index contributed by atoms with van der Waals surface area (Å²) in [5.74, 6) is 0.735. The van der Waals surface area contributed by atoms with Gasteiger partial charge in [0.05, 0.1) is 6.54 Å². The van der Waals surface area contributed by atoms with Crippen LogP contribution in [0.3, 0.4) is 0 Å². The fraction of sp³-hybridized carbons (Fsp3) is 0.611. The van der Waals surface area contributed by atoms with E-state index in [1.165, 1.54) is 32.4 Å². The molecular formula is C18H26N6O. The van der Waals surface area contributed by atoms with Crippen molar-refractivity contribution >= 4 is 0 Å². The number of hydrogen-bond donors (Lipinski definition) is 0. The van der Waals surface area contributed by atoms with Crippen molar-refractivity contribution in [1.29, 1.82) is 0 Å². The normalized spacial score (nSPS) is 22.0. The zero-order chi connectivity index (χ0) is 17.1. The fourth-order valence-electron chi connectivity index (χ4n) is 3.97. The van der Waals surface area contributed by atoms with E-state index in [0.29, 0.717) is 12.6 Å². The van der Waals surface area contributed by atoms with Gasteiger partial charge in [-0.1, -0.05) is 0 Å². The van der Waals surface area contributed by atoms with E-state index >= 15 is 0 Å². The Labute approximate surface area is 147 Å². The minimum Gasteiger partial charge on any atom is -0.302 e. The zero-order valence-corrected chi connectivity index (χ0v) is 14.6. The first-order chi connectivity index (χ1) is 12.3. The third-order valence-corrected chi connectivity index (χ3v) is 5.41. The van der Waals surface area contributed by atoms with Crippen LogP contribution in [0.4, 0.5) is 0 Å². The largest absolute Gasteiger partial charge is 0.302 e. The second-order valence-electron chi connectivity index (χ2n) is 7.06. The molecule has 4 rings (SSSR count). The minimum absolute atomic E-state index is 0.0322. The van der Waals surface area contributed by atoms with E-state index in [0.717, 1.165) is 31.9 Å². The topological polar surface area (TPSA) is 59.2 Å². The Kier molecular flexibility index (Phi) is 4.94. The van der Waals surface area contributed by atoms with E-state index in [4.69, 9.17) is 0 Å². The second-order valence-corrected chi connectivity index (χ2v) is 7.06. The average molecular weight is 342 g/mol. The number of imidazole rings is 1. The molecule has 0 bridgehead atoms. The summed E-state index contributed by atoms with van der Waals surface area (Å²) < 4.78 is 3.45. The van der Waals surface area contributed by atoms with Crippen LogP contribution in [0.1, 0.15) is 25.7 Å². The highest BCUT2D eigenvalue weighted by Gasteiger charge is 2.26. The highest BCUT2D eigenvalue weighted by molar-refractivity contribution is 5.19. The molecule has 1 unspecified atom stereocenters. The molecular weight excluding hydrogens is 316 g/mol. The Morgan fingerprint density at radius 3 is 2.76 bits per heavy atom. The van der Waals surface area contributed by atoms with Gasteiger partial charge < -0.3 is 4.90 Å². The average Bonchev–Trinajstić information content (AvgIpc) is 3.38. The molecule has 2 aromatic heterocycles. The van der Waals surface area contributed by atoms with Crippen LogP contribution in [-0.2, 0) is 6.54 Å². The van der Waals surface area contributed by atoms with Crippen molar-refractivity contribution in [1.82, 2.24) is 29.1 Å². The maximum Gasteiger partial charge on any atom is 0.266 e. The predicted octanol–water partition coefficient (Wildman–Crippen LogP) is 0.989. The standard InChI is InChI=1S/C18H26N6O/c25-18-6-5-17(23-11-7-19-15-23)20-24(18)14-16-4-3-10-22(16)13-12-21-8-1-2-9-21/h5-7,11,15-16H,1-4,8-10,12-14H2. The molecule has 0 amide bonds. The van der Waals surface area contributed by atoms with Crippen LogP contribution in [0.2, 0.25) is 0 Å². The molecule has 0 spiro atoms. The van der Waals surface area contributed by atoms with Crippen molar-refractivity contribution in [3.63, 3.8) is 0 Å². The first-order valence-electron chi connectivity index (χ1n) is 9.32. The first-order valence-corrected chi connectivity index (χ1v) is 9.32. The SMILES string of the molecule is O=c1ccc(-n2ccnc2)nn1CC1CCCN1CCN1CCCC1. The molecule has 0 N–H and O–H groups in total. The van der Waals surface area contributed by atoms with Crippen LogP contribution in [0.15, 0.2) is 35.6 Å². The first kappa shape index (κ1) is 16.5. The van der Waals surface area contributed by atoms with E-state index < -0.39 is 0 Å². The third-order valence-electron chi connectivity index (χ3n) is 5.41. The van der Waals surface area contributed by atoms with Gasteiger partial charge in [0.2, 0.25) is 0 Å². The lowest BCUT2D eigenvalue weighted by molar-refractivity contribution is 0.193. The molecule has 0 aliphatic carbocycles. The van der Waals surface area contributed by atoms with Crippen molar-refractivity contribution in [3.05, 3.63) is 41.2 Å². The summed E-state index contributed by atoms with van der Waals surface area (Å²) in [6.45, 7) is 6.53. The lowest BCUT2D eigenvalue weighted by Crippen LogP contribution is -2.40. The maximum absolute atomic E-state index is 12.3. The molecule has 2 aliphatic rings. The molecule has 7 heteroatoms.